The molecule has 0 aliphatic carbocycles. The summed E-state index contributed by atoms with van der Waals surface area (Å²) in [6.45, 7) is 0. The van der Waals surface area contributed by atoms with Crippen LogP contribution in [0.25, 0.3) is 11.4 Å². The van der Waals surface area contributed by atoms with Crippen LogP contribution in [0.15, 0.2) is 18.5 Å². The van der Waals surface area contributed by atoms with Crippen molar-refractivity contribution in [2.45, 2.75) is 0 Å². The van der Waals surface area contributed by atoms with Gasteiger partial charge in [0, 0.05) is 11.8 Å². The summed E-state index contributed by atoms with van der Waals surface area (Å²) >= 11 is 4.78. The average molecular weight is 223 g/mol. The summed E-state index contributed by atoms with van der Waals surface area (Å²) < 4.78 is 13.0. The Bertz CT molecular complexity index is 553. The maximum atomic E-state index is 12.9. The van der Waals surface area contributed by atoms with Crippen molar-refractivity contribution >= 4 is 18.2 Å². The minimum atomic E-state index is -0.455. The molecule has 3 N–H and O–H groups in total. The molecule has 76 valence electrons. The number of aromatic nitrogens is 4. The summed E-state index contributed by atoms with van der Waals surface area (Å²) in [5.74, 6) is 0.0257. The summed E-state index contributed by atoms with van der Waals surface area (Å²) in [4.78, 5) is 14.0. The topological polar surface area (TPSA) is 80.5 Å². The second kappa shape index (κ2) is 3.70. The summed E-state index contributed by atoms with van der Waals surface area (Å²) in [6, 6.07) is 1.28. The SMILES string of the molecule is Nc1nc(=S)nc(-c2cncc(F)c2)[nH]1. The van der Waals surface area contributed by atoms with Crippen molar-refractivity contribution in [1.29, 1.82) is 0 Å². The fraction of sp³-hybridized carbons (Fsp3) is 0. The van der Waals surface area contributed by atoms with Crippen molar-refractivity contribution in [1.82, 2.24) is 19.9 Å². The lowest BCUT2D eigenvalue weighted by molar-refractivity contribution is 0.622. The van der Waals surface area contributed by atoms with Crippen molar-refractivity contribution < 1.29 is 4.39 Å². The normalized spacial score (nSPS) is 10.2. The predicted molar refractivity (Wildman–Crippen MR) is 54.8 cm³/mol. The van der Waals surface area contributed by atoms with Crippen molar-refractivity contribution in [2.75, 3.05) is 5.73 Å². The van der Waals surface area contributed by atoms with E-state index in [2.05, 4.69) is 19.9 Å². The molecule has 0 amide bonds. The first-order valence-corrected chi connectivity index (χ1v) is 4.41. The molecule has 0 spiro atoms. The van der Waals surface area contributed by atoms with E-state index in [-0.39, 0.29) is 10.7 Å². The number of rotatable bonds is 1. The second-order valence-corrected chi connectivity index (χ2v) is 3.12. The van der Waals surface area contributed by atoms with Crippen LogP contribution in [-0.2, 0) is 0 Å². The molecule has 0 fully saturated rings. The van der Waals surface area contributed by atoms with Gasteiger partial charge in [0.2, 0.25) is 10.7 Å². The monoisotopic (exact) mass is 223 g/mol. The molecule has 0 unspecified atom stereocenters. The van der Waals surface area contributed by atoms with Gasteiger partial charge in [-0.2, -0.15) is 4.98 Å². The molecule has 0 radical (unpaired) electrons. The Morgan fingerprint density at radius 2 is 2.13 bits per heavy atom. The smallest absolute Gasteiger partial charge is 0.224 e. The summed E-state index contributed by atoms with van der Waals surface area (Å²) in [6.07, 6.45) is 2.55. The van der Waals surface area contributed by atoms with Gasteiger partial charge in [-0.05, 0) is 18.3 Å². The predicted octanol–water partition coefficient (Wildman–Crippen LogP) is 1.32. The molecule has 2 aromatic rings. The molecule has 2 heterocycles. The zero-order valence-corrected chi connectivity index (χ0v) is 8.25. The first-order valence-electron chi connectivity index (χ1n) is 4.00. The third kappa shape index (κ3) is 2.13. The Hall–Kier alpha value is -1.89. The van der Waals surface area contributed by atoms with Crippen molar-refractivity contribution in [3.8, 4) is 11.4 Å². The Kier molecular flexibility index (Phi) is 2.38. The number of nitrogens with zero attached hydrogens (tertiary/aromatic N) is 3. The van der Waals surface area contributed by atoms with Gasteiger partial charge in [0.15, 0.2) is 0 Å². The maximum absolute atomic E-state index is 12.9. The molecule has 0 aliphatic rings. The van der Waals surface area contributed by atoms with E-state index >= 15 is 0 Å². The summed E-state index contributed by atoms with van der Waals surface area (Å²) in [7, 11) is 0. The molecule has 0 aromatic carbocycles. The molecule has 0 bridgehead atoms. The lowest BCUT2D eigenvalue weighted by Gasteiger charge is -2.01. The van der Waals surface area contributed by atoms with Crippen LogP contribution in [0.2, 0.25) is 0 Å². The van der Waals surface area contributed by atoms with Gasteiger partial charge < -0.3 is 10.7 Å². The Morgan fingerprint density at radius 1 is 1.33 bits per heavy atom. The fourth-order valence-corrected chi connectivity index (χ4v) is 1.27. The van der Waals surface area contributed by atoms with E-state index in [1.165, 1.54) is 12.3 Å². The highest BCUT2D eigenvalue weighted by molar-refractivity contribution is 7.71. The molecule has 0 saturated carbocycles. The minimum Gasteiger partial charge on any atom is -0.369 e. The summed E-state index contributed by atoms with van der Waals surface area (Å²) in [5, 5.41) is 0. The molecule has 7 heteroatoms. The molecule has 0 atom stereocenters. The summed E-state index contributed by atoms with van der Waals surface area (Å²) in [5.41, 5.74) is 5.92. The Labute approximate surface area is 89.2 Å². The Balaban J connectivity index is 2.59. The Morgan fingerprint density at radius 3 is 2.80 bits per heavy atom. The van der Waals surface area contributed by atoms with Gasteiger partial charge >= 0.3 is 0 Å². The van der Waals surface area contributed by atoms with Crippen LogP contribution in [0, 0.1) is 10.6 Å². The highest BCUT2D eigenvalue weighted by Gasteiger charge is 2.03. The second-order valence-electron chi connectivity index (χ2n) is 2.76. The number of pyridine rings is 1. The number of anilines is 1. The minimum absolute atomic E-state index is 0.102. The van der Waals surface area contributed by atoms with Crippen LogP contribution in [0.3, 0.4) is 0 Å². The molecule has 0 aliphatic heterocycles. The number of aromatic amines is 1. The van der Waals surface area contributed by atoms with Crippen molar-refractivity contribution in [3.63, 3.8) is 0 Å². The zero-order chi connectivity index (χ0) is 10.8. The third-order valence-corrected chi connectivity index (χ3v) is 1.83. The van der Waals surface area contributed by atoms with E-state index < -0.39 is 5.82 Å². The number of nitrogens with one attached hydrogen (secondary N) is 1. The largest absolute Gasteiger partial charge is 0.369 e. The number of hydrogen-bond donors (Lipinski definition) is 2. The van der Waals surface area contributed by atoms with E-state index in [9.17, 15) is 4.39 Å². The van der Waals surface area contributed by atoms with Gasteiger partial charge in [0.25, 0.3) is 0 Å². The molecule has 0 saturated heterocycles. The van der Waals surface area contributed by atoms with E-state index in [0.29, 0.717) is 11.4 Å². The van der Waals surface area contributed by atoms with Gasteiger partial charge in [-0.3, -0.25) is 4.98 Å². The molecular weight excluding hydrogens is 217 g/mol. The van der Waals surface area contributed by atoms with Gasteiger partial charge in [-0.15, -0.1) is 0 Å². The van der Waals surface area contributed by atoms with Crippen LogP contribution < -0.4 is 5.73 Å². The highest BCUT2D eigenvalue weighted by Crippen LogP contribution is 2.14. The molecule has 2 rings (SSSR count). The lowest BCUT2D eigenvalue weighted by Crippen LogP contribution is -2.00. The number of nitrogens with two attached hydrogens (primary N) is 1. The van der Waals surface area contributed by atoms with Crippen LogP contribution in [0.5, 0.6) is 0 Å². The van der Waals surface area contributed by atoms with Crippen LogP contribution in [0.4, 0.5) is 10.3 Å². The quantitative estimate of drug-likeness (QED) is 0.712. The third-order valence-electron chi connectivity index (χ3n) is 1.65. The van der Waals surface area contributed by atoms with E-state index in [0.717, 1.165) is 6.20 Å². The first kappa shape index (κ1) is 9.66. The van der Waals surface area contributed by atoms with Crippen molar-refractivity contribution in [2.24, 2.45) is 0 Å². The van der Waals surface area contributed by atoms with Crippen LogP contribution in [0.1, 0.15) is 0 Å². The zero-order valence-electron chi connectivity index (χ0n) is 7.44. The van der Waals surface area contributed by atoms with Crippen molar-refractivity contribution in [3.05, 3.63) is 29.0 Å². The average Bonchev–Trinajstić information content (AvgIpc) is 2.16. The standard InChI is InChI=1S/C8H6FN5S/c9-5-1-4(2-11-3-5)6-12-7(10)14-8(15)13-6/h1-3H,(H3,10,12,13,14,15). The van der Waals surface area contributed by atoms with Gasteiger partial charge in [-0.25, -0.2) is 9.37 Å². The maximum Gasteiger partial charge on any atom is 0.224 e. The lowest BCUT2D eigenvalue weighted by atomic mass is 10.3. The van der Waals surface area contributed by atoms with Crippen LogP contribution >= 0.6 is 12.2 Å². The van der Waals surface area contributed by atoms with Gasteiger partial charge in [0.05, 0.1) is 6.20 Å². The van der Waals surface area contributed by atoms with Gasteiger partial charge in [0.1, 0.15) is 11.6 Å². The first-order chi connectivity index (χ1) is 7.15. The number of halogens is 1. The molecule has 5 nitrogen and oxygen atoms in total. The number of H-pyrrole nitrogens is 1. The van der Waals surface area contributed by atoms with E-state index in [1.54, 1.807) is 0 Å². The van der Waals surface area contributed by atoms with E-state index in [4.69, 9.17) is 18.0 Å². The highest BCUT2D eigenvalue weighted by atomic mass is 32.1. The van der Waals surface area contributed by atoms with Crippen LogP contribution in [-0.4, -0.2) is 19.9 Å². The molecule has 15 heavy (non-hydrogen) atoms. The van der Waals surface area contributed by atoms with E-state index in [1.807, 2.05) is 0 Å². The number of hydrogen-bond acceptors (Lipinski definition) is 5. The number of nitrogen functional groups attached to an aromatic ring is 1. The molecule has 2 aromatic heterocycles. The fourth-order valence-electron chi connectivity index (χ4n) is 1.08. The van der Waals surface area contributed by atoms with Gasteiger partial charge in [-0.1, -0.05) is 0 Å². The molecular formula is C8H6FN5S.